The SMILES string of the molecule is COc1ccc(OCCCC/C(NC2CCNCC2)=C2/Oc3ccccc3C2=O)cc1. The summed E-state index contributed by atoms with van der Waals surface area (Å²) in [5.41, 5.74) is 1.56. The van der Waals surface area contributed by atoms with Crippen LogP contribution in [-0.2, 0) is 0 Å². The van der Waals surface area contributed by atoms with E-state index in [1.807, 2.05) is 48.5 Å². The van der Waals surface area contributed by atoms with Crippen LogP contribution in [0.15, 0.2) is 60.0 Å². The molecule has 2 N–H and O–H groups in total. The molecule has 2 heterocycles. The first-order valence-corrected chi connectivity index (χ1v) is 11.0. The molecule has 0 aromatic heterocycles. The number of fused-ring (bicyclic) bond motifs is 1. The molecule has 1 fully saturated rings. The number of ketones is 1. The highest BCUT2D eigenvalue weighted by Crippen LogP contribution is 2.32. The number of hydrogen-bond acceptors (Lipinski definition) is 6. The molecule has 4 rings (SSSR count). The van der Waals surface area contributed by atoms with E-state index in [9.17, 15) is 4.79 Å². The van der Waals surface area contributed by atoms with Crippen LogP contribution in [0, 0.1) is 0 Å². The van der Waals surface area contributed by atoms with Gasteiger partial charge in [-0.15, -0.1) is 0 Å². The Morgan fingerprint density at radius 3 is 2.55 bits per heavy atom. The number of ether oxygens (including phenoxy) is 3. The normalized spacial score (nSPS) is 17.6. The summed E-state index contributed by atoms with van der Waals surface area (Å²) in [6.07, 6.45) is 4.62. The monoisotopic (exact) mass is 422 g/mol. The summed E-state index contributed by atoms with van der Waals surface area (Å²) in [6, 6.07) is 15.4. The van der Waals surface area contributed by atoms with Crippen LogP contribution in [0.3, 0.4) is 0 Å². The predicted molar refractivity (Wildman–Crippen MR) is 120 cm³/mol. The second kappa shape index (κ2) is 10.4. The summed E-state index contributed by atoms with van der Waals surface area (Å²) in [4.78, 5) is 12.9. The molecule has 164 valence electrons. The maximum Gasteiger partial charge on any atom is 0.233 e. The molecular formula is C25H30N2O4. The zero-order valence-electron chi connectivity index (χ0n) is 18.0. The Hall–Kier alpha value is -2.99. The largest absolute Gasteiger partial charge is 0.497 e. The average Bonchev–Trinajstić information content (AvgIpc) is 3.16. The Balaban J connectivity index is 1.36. The number of piperidine rings is 1. The molecule has 2 aliphatic rings. The Morgan fingerprint density at radius 1 is 1.06 bits per heavy atom. The number of methoxy groups -OCH3 is 1. The van der Waals surface area contributed by atoms with Gasteiger partial charge >= 0.3 is 0 Å². The highest BCUT2D eigenvalue weighted by atomic mass is 16.5. The van der Waals surface area contributed by atoms with Gasteiger partial charge in [-0.3, -0.25) is 4.79 Å². The van der Waals surface area contributed by atoms with Crippen molar-refractivity contribution in [1.82, 2.24) is 10.6 Å². The topological polar surface area (TPSA) is 68.8 Å². The third kappa shape index (κ3) is 5.39. The number of para-hydroxylation sites is 1. The van der Waals surface area contributed by atoms with Crippen LogP contribution in [-0.4, -0.2) is 38.6 Å². The highest BCUT2D eigenvalue weighted by Gasteiger charge is 2.30. The van der Waals surface area contributed by atoms with E-state index in [0.717, 1.165) is 62.4 Å². The van der Waals surface area contributed by atoms with Gasteiger partial charge in [-0.2, -0.15) is 0 Å². The van der Waals surface area contributed by atoms with Crippen molar-refractivity contribution >= 4 is 5.78 Å². The van der Waals surface area contributed by atoms with E-state index in [1.165, 1.54) is 0 Å². The molecule has 0 aliphatic carbocycles. The standard InChI is InChI=1S/C25H30N2O4/c1-29-19-9-11-20(12-10-19)30-17-5-4-7-22(27-18-13-15-26-16-14-18)25-24(28)21-6-2-3-8-23(21)31-25/h2-3,6,8-12,18,26-27H,4-5,7,13-17H2,1H3/b25-22-. The summed E-state index contributed by atoms with van der Waals surface area (Å²) in [5.74, 6) is 2.72. The van der Waals surface area contributed by atoms with Crippen LogP contribution in [0.25, 0.3) is 0 Å². The molecule has 0 radical (unpaired) electrons. The number of hydrogen-bond donors (Lipinski definition) is 2. The van der Waals surface area contributed by atoms with Crippen molar-refractivity contribution in [2.45, 2.75) is 38.1 Å². The fourth-order valence-corrected chi connectivity index (χ4v) is 3.95. The summed E-state index contributed by atoms with van der Waals surface area (Å²) in [5, 5.41) is 7.01. The fourth-order valence-electron chi connectivity index (χ4n) is 3.95. The molecule has 0 saturated carbocycles. The highest BCUT2D eigenvalue weighted by molar-refractivity contribution is 6.12. The van der Waals surface area contributed by atoms with Crippen LogP contribution in [0.5, 0.6) is 17.2 Å². The van der Waals surface area contributed by atoms with Crippen molar-refractivity contribution in [1.29, 1.82) is 0 Å². The Labute approximate surface area is 183 Å². The zero-order chi connectivity index (χ0) is 21.5. The molecule has 1 saturated heterocycles. The first-order valence-electron chi connectivity index (χ1n) is 11.0. The van der Waals surface area contributed by atoms with E-state index in [2.05, 4.69) is 10.6 Å². The third-order valence-electron chi connectivity index (χ3n) is 5.69. The number of benzene rings is 2. The molecule has 2 aromatic carbocycles. The number of unbranched alkanes of at least 4 members (excludes halogenated alkanes) is 1. The number of carbonyl (C=O) groups excluding carboxylic acids is 1. The minimum absolute atomic E-state index is 0.0264. The lowest BCUT2D eigenvalue weighted by Gasteiger charge is -2.26. The lowest BCUT2D eigenvalue weighted by Crippen LogP contribution is -2.40. The molecule has 6 nitrogen and oxygen atoms in total. The van der Waals surface area contributed by atoms with E-state index in [4.69, 9.17) is 14.2 Å². The summed E-state index contributed by atoms with van der Waals surface area (Å²) in [7, 11) is 1.65. The first-order chi connectivity index (χ1) is 15.2. The van der Waals surface area contributed by atoms with E-state index < -0.39 is 0 Å². The molecule has 2 aliphatic heterocycles. The van der Waals surface area contributed by atoms with Gasteiger partial charge in [0, 0.05) is 6.04 Å². The maximum atomic E-state index is 12.9. The second-order valence-corrected chi connectivity index (χ2v) is 7.88. The van der Waals surface area contributed by atoms with Crippen LogP contribution >= 0.6 is 0 Å². The van der Waals surface area contributed by atoms with Crippen molar-refractivity contribution in [2.24, 2.45) is 0 Å². The fraction of sp³-hybridized carbons (Fsp3) is 0.400. The molecule has 2 aromatic rings. The van der Waals surface area contributed by atoms with Gasteiger partial charge in [0.25, 0.3) is 0 Å². The lowest BCUT2D eigenvalue weighted by atomic mass is 10.0. The van der Waals surface area contributed by atoms with Gasteiger partial charge in [0.05, 0.1) is 25.0 Å². The predicted octanol–water partition coefficient (Wildman–Crippen LogP) is 4.07. The summed E-state index contributed by atoms with van der Waals surface area (Å²) in [6.45, 7) is 2.60. The lowest BCUT2D eigenvalue weighted by molar-refractivity contribution is 0.101. The molecule has 0 bridgehead atoms. The number of allylic oxidation sites excluding steroid dienone is 2. The van der Waals surface area contributed by atoms with Crippen molar-refractivity contribution in [3.63, 3.8) is 0 Å². The smallest absolute Gasteiger partial charge is 0.233 e. The first kappa shape index (κ1) is 21.2. The third-order valence-corrected chi connectivity index (χ3v) is 5.69. The van der Waals surface area contributed by atoms with Crippen molar-refractivity contribution < 1.29 is 19.0 Å². The molecule has 0 unspecified atom stereocenters. The Morgan fingerprint density at radius 2 is 1.81 bits per heavy atom. The molecular weight excluding hydrogens is 392 g/mol. The Bertz CT molecular complexity index is 917. The van der Waals surface area contributed by atoms with Gasteiger partial charge < -0.3 is 24.8 Å². The van der Waals surface area contributed by atoms with Crippen LogP contribution in [0.4, 0.5) is 0 Å². The number of nitrogens with one attached hydrogen (secondary N) is 2. The average molecular weight is 423 g/mol. The summed E-state index contributed by atoms with van der Waals surface area (Å²) < 4.78 is 17.0. The van der Waals surface area contributed by atoms with E-state index in [1.54, 1.807) is 7.11 Å². The minimum Gasteiger partial charge on any atom is -0.497 e. The Kier molecular flexibility index (Phi) is 7.10. The molecule has 6 heteroatoms. The molecule has 0 atom stereocenters. The van der Waals surface area contributed by atoms with Crippen LogP contribution in [0.1, 0.15) is 42.5 Å². The van der Waals surface area contributed by atoms with Gasteiger partial charge in [-0.05, 0) is 81.6 Å². The number of Topliss-reactive ketones (excluding diaryl/α,β-unsaturated/α-hetero) is 1. The maximum absolute atomic E-state index is 12.9. The quantitative estimate of drug-likeness (QED) is 0.469. The molecule has 31 heavy (non-hydrogen) atoms. The van der Waals surface area contributed by atoms with Gasteiger partial charge in [0.15, 0.2) is 5.76 Å². The van der Waals surface area contributed by atoms with Gasteiger partial charge in [0.2, 0.25) is 5.78 Å². The number of carbonyl (C=O) groups is 1. The van der Waals surface area contributed by atoms with Crippen molar-refractivity contribution in [3.8, 4) is 17.2 Å². The van der Waals surface area contributed by atoms with Crippen LogP contribution < -0.4 is 24.8 Å². The summed E-state index contributed by atoms with van der Waals surface area (Å²) >= 11 is 0. The van der Waals surface area contributed by atoms with E-state index in [-0.39, 0.29) is 5.78 Å². The van der Waals surface area contributed by atoms with Crippen molar-refractivity contribution in [3.05, 3.63) is 65.6 Å². The second-order valence-electron chi connectivity index (χ2n) is 7.88. The zero-order valence-corrected chi connectivity index (χ0v) is 18.0. The van der Waals surface area contributed by atoms with Gasteiger partial charge in [-0.25, -0.2) is 0 Å². The molecule has 0 amide bonds. The van der Waals surface area contributed by atoms with Gasteiger partial charge in [0.1, 0.15) is 17.2 Å². The number of rotatable bonds is 9. The van der Waals surface area contributed by atoms with Crippen LogP contribution in [0.2, 0.25) is 0 Å². The minimum atomic E-state index is -0.0264. The van der Waals surface area contributed by atoms with Gasteiger partial charge in [-0.1, -0.05) is 12.1 Å². The van der Waals surface area contributed by atoms with E-state index in [0.29, 0.717) is 29.7 Å². The molecule has 0 spiro atoms. The van der Waals surface area contributed by atoms with Crippen molar-refractivity contribution in [2.75, 3.05) is 26.8 Å². The van der Waals surface area contributed by atoms with E-state index >= 15 is 0 Å².